The molecule has 6 heteroatoms. The van der Waals surface area contributed by atoms with Crippen molar-refractivity contribution in [1.29, 1.82) is 0 Å². The summed E-state index contributed by atoms with van der Waals surface area (Å²) >= 11 is 0. The van der Waals surface area contributed by atoms with Crippen molar-refractivity contribution in [3.63, 3.8) is 0 Å². The van der Waals surface area contributed by atoms with Crippen LogP contribution in [-0.2, 0) is 18.4 Å². The third-order valence-corrected chi connectivity index (χ3v) is 8.68. The van der Waals surface area contributed by atoms with Crippen molar-refractivity contribution in [2.24, 2.45) is 29.7 Å². The van der Waals surface area contributed by atoms with Gasteiger partial charge in [0.25, 0.3) is 0 Å². The Hall–Kier alpha value is -2.21. The van der Waals surface area contributed by atoms with Crippen molar-refractivity contribution in [2.75, 3.05) is 7.11 Å². The molecule has 0 spiro atoms. The summed E-state index contributed by atoms with van der Waals surface area (Å²) in [6, 6.07) is 0. The second-order valence-corrected chi connectivity index (χ2v) is 11.3. The van der Waals surface area contributed by atoms with E-state index >= 15 is 0 Å². The van der Waals surface area contributed by atoms with Gasteiger partial charge in [-0.2, -0.15) is 0 Å². The maximum atomic E-state index is 5.00. The fraction of sp³-hybridized carbons (Fsp3) is 0.667. The summed E-state index contributed by atoms with van der Waals surface area (Å²) in [6.07, 6.45) is 14.8. The van der Waals surface area contributed by atoms with Crippen LogP contribution < -0.4 is 4.57 Å². The lowest BCUT2D eigenvalue weighted by Gasteiger charge is -2.58. The molecule has 2 aromatic rings. The van der Waals surface area contributed by atoms with Crippen LogP contribution in [0.15, 0.2) is 36.5 Å². The Morgan fingerprint density at radius 2 is 2.12 bits per heavy atom. The number of rotatable bonds is 7. The summed E-state index contributed by atoms with van der Waals surface area (Å²) in [5.41, 5.74) is 9.60. The molecular weight excluding hydrogens is 410 g/mol. The highest BCUT2D eigenvalue weighted by Gasteiger charge is 2.52. The van der Waals surface area contributed by atoms with Gasteiger partial charge in [0, 0.05) is 12.9 Å². The average Bonchev–Trinajstić information content (AvgIpc) is 3.08. The number of nitrogens with zero attached hydrogens (tertiary/aromatic N) is 5. The standard InChI is InChI=1S/C27H41N5O/c1-19(13-16-32-18-31(6)25-23(32)24(30-33-7)28-17-29-25)9-11-21-20(2)10-12-22-26(3,4)14-8-15-27(21,22)5/h13,17-18,21-22H,2,8-12,14-16H2,1,3-7H3/b19-13+/t21-,22-,27+/m0/s1. The number of hydrogen-bond acceptors (Lipinski definition) is 3. The Bertz CT molecular complexity index is 1050. The summed E-state index contributed by atoms with van der Waals surface area (Å²) in [5, 5.41) is 0. The third kappa shape index (κ3) is 4.46. The molecule has 180 valence electrons. The van der Waals surface area contributed by atoms with Gasteiger partial charge in [-0.1, -0.05) is 51.0 Å². The third-order valence-electron chi connectivity index (χ3n) is 8.68. The zero-order valence-electron chi connectivity index (χ0n) is 21.4. The van der Waals surface area contributed by atoms with Gasteiger partial charge < -0.3 is 15.3 Å². The van der Waals surface area contributed by atoms with Crippen LogP contribution in [0.2, 0.25) is 0 Å². The molecular formula is C27H41N5O. The molecule has 0 radical (unpaired) electrons. The van der Waals surface area contributed by atoms with E-state index in [1.165, 1.54) is 56.0 Å². The maximum absolute atomic E-state index is 5.00. The van der Waals surface area contributed by atoms with Crippen LogP contribution in [0.3, 0.4) is 0 Å². The number of fused-ring (bicyclic) bond motifs is 2. The fourth-order valence-electron chi connectivity index (χ4n) is 7.02. The van der Waals surface area contributed by atoms with Crippen LogP contribution >= 0.6 is 0 Å². The van der Waals surface area contributed by atoms with Gasteiger partial charge in [-0.3, -0.25) is 4.57 Å². The van der Waals surface area contributed by atoms with E-state index < -0.39 is 0 Å². The molecule has 2 aliphatic carbocycles. The van der Waals surface area contributed by atoms with Crippen LogP contribution in [0.25, 0.3) is 16.6 Å². The largest absolute Gasteiger partial charge is 0.407 e. The van der Waals surface area contributed by atoms with Gasteiger partial charge in [0.05, 0.1) is 19.9 Å². The second-order valence-electron chi connectivity index (χ2n) is 11.3. The SMILES string of the molecule is C=C1CC[C@H]2C(C)(C)CCC[C@]2(C)[C@H]1CC/C(C)=C/Cn1c[n+](C)c2ncnc([N-]OC)c21. The van der Waals surface area contributed by atoms with E-state index in [-0.39, 0.29) is 0 Å². The van der Waals surface area contributed by atoms with Crippen molar-refractivity contribution >= 4 is 17.0 Å². The highest BCUT2D eigenvalue weighted by molar-refractivity contribution is 5.81. The molecule has 0 aliphatic heterocycles. The van der Waals surface area contributed by atoms with Gasteiger partial charge in [0.15, 0.2) is 11.8 Å². The zero-order chi connectivity index (χ0) is 23.8. The lowest BCUT2D eigenvalue weighted by Crippen LogP contribution is -2.49. The quantitative estimate of drug-likeness (QED) is 0.280. The molecule has 33 heavy (non-hydrogen) atoms. The molecule has 0 N–H and O–H groups in total. The van der Waals surface area contributed by atoms with Crippen molar-refractivity contribution in [3.05, 3.63) is 41.9 Å². The Kier molecular flexibility index (Phi) is 6.68. The minimum Gasteiger partial charge on any atom is -0.407 e. The predicted molar refractivity (Wildman–Crippen MR) is 133 cm³/mol. The molecule has 0 unspecified atom stereocenters. The van der Waals surface area contributed by atoms with Crippen molar-refractivity contribution in [1.82, 2.24) is 14.5 Å². The van der Waals surface area contributed by atoms with E-state index in [9.17, 15) is 0 Å². The molecule has 0 bridgehead atoms. The molecule has 2 saturated carbocycles. The summed E-state index contributed by atoms with van der Waals surface area (Å²) in [4.78, 5) is 13.7. The Labute approximate surface area is 199 Å². The Morgan fingerprint density at radius 3 is 2.88 bits per heavy atom. The van der Waals surface area contributed by atoms with Gasteiger partial charge in [0.1, 0.15) is 0 Å². The number of imidazole rings is 1. The predicted octanol–water partition coefficient (Wildman–Crippen LogP) is 6.35. The number of aryl methyl sites for hydroxylation is 1. The van der Waals surface area contributed by atoms with Crippen LogP contribution in [0.4, 0.5) is 5.82 Å². The van der Waals surface area contributed by atoms with E-state index in [0.717, 1.165) is 30.0 Å². The van der Waals surface area contributed by atoms with E-state index in [1.807, 2.05) is 11.6 Å². The molecule has 2 aromatic heterocycles. The van der Waals surface area contributed by atoms with E-state index in [2.05, 4.69) is 66.7 Å². The number of allylic oxidation sites excluding steroid dienone is 3. The Morgan fingerprint density at radius 1 is 1.33 bits per heavy atom. The lowest BCUT2D eigenvalue weighted by molar-refractivity contribution is -0.647. The van der Waals surface area contributed by atoms with Gasteiger partial charge in [0.2, 0.25) is 0 Å². The summed E-state index contributed by atoms with van der Waals surface area (Å²) in [7, 11) is 3.54. The first kappa shape index (κ1) is 23.9. The molecule has 2 aliphatic rings. The minimum atomic E-state index is 0.398. The summed E-state index contributed by atoms with van der Waals surface area (Å²) in [5.74, 6) is 2.00. The zero-order valence-corrected chi connectivity index (χ0v) is 21.4. The summed E-state index contributed by atoms with van der Waals surface area (Å²) in [6.45, 7) is 15.2. The van der Waals surface area contributed by atoms with Crippen LogP contribution in [-0.4, -0.2) is 21.6 Å². The van der Waals surface area contributed by atoms with Crippen molar-refractivity contribution in [2.45, 2.75) is 79.2 Å². The van der Waals surface area contributed by atoms with Gasteiger partial charge in [-0.05, 0) is 68.1 Å². The normalized spacial score (nSPS) is 27.6. The molecule has 0 aromatic carbocycles. The van der Waals surface area contributed by atoms with Crippen LogP contribution in [0.1, 0.15) is 72.6 Å². The lowest BCUT2D eigenvalue weighted by atomic mass is 9.47. The highest BCUT2D eigenvalue weighted by atomic mass is 16.6. The van der Waals surface area contributed by atoms with E-state index in [0.29, 0.717) is 22.6 Å². The van der Waals surface area contributed by atoms with Gasteiger partial charge in [-0.25, -0.2) is 4.57 Å². The number of hydrogen-bond donors (Lipinski definition) is 0. The molecule has 2 fully saturated rings. The van der Waals surface area contributed by atoms with Gasteiger partial charge >= 0.3 is 5.65 Å². The molecule has 4 rings (SSSR count). The summed E-state index contributed by atoms with van der Waals surface area (Å²) < 4.78 is 4.16. The first-order valence-electron chi connectivity index (χ1n) is 12.4. The van der Waals surface area contributed by atoms with Crippen LogP contribution in [0, 0.1) is 22.7 Å². The van der Waals surface area contributed by atoms with Crippen molar-refractivity contribution < 1.29 is 9.40 Å². The number of aromatic nitrogens is 4. The molecule has 0 amide bonds. The first-order valence-corrected chi connectivity index (χ1v) is 12.4. The molecule has 3 atom stereocenters. The van der Waals surface area contributed by atoms with E-state index in [4.69, 9.17) is 4.84 Å². The van der Waals surface area contributed by atoms with Crippen molar-refractivity contribution in [3.8, 4) is 0 Å². The average molecular weight is 452 g/mol. The second kappa shape index (κ2) is 9.21. The van der Waals surface area contributed by atoms with Crippen LogP contribution in [0.5, 0.6) is 0 Å². The molecule has 2 heterocycles. The molecule has 0 saturated heterocycles. The minimum absolute atomic E-state index is 0.398. The Balaban J connectivity index is 1.48. The topological polar surface area (TPSA) is 57.9 Å². The van der Waals surface area contributed by atoms with Gasteiger partial charge in [-0.15, -0.1) is 4.98 Å². The first-order chi connectivity index (χ1) is 15.7. The smallest absolute Gasteiger partial charge is 0.300 e. The highest BCUT2D eigenvalue weighted by Crippen LogP contribution is 2.61. The maximum Gasteiger partial charge on any atom is 0.300 e. The molecule has 6 nitrogen and oxygen atoms in total. The van der Waals surface area contributed by atoms with E-state index in [1.54, 1.807) is 7.11 Å². The fourth-order valence-corrected chi connectivity index (χ4v) is 7.02. The monoisotopic (exact) mass is 451 g/mol.